The van der Waals surface area contributed by atoms with Crippen molar-refractivity contribution in [1.82, 2.24) is 15.2 Å². The molecule has 10 nitrogen and oxygen atoms in total. The summed E-state index contributed by atoms with van der Waals surface area (Å²) in [4.78, 5) is 36.4. The molecule has 0 atom stereocenters. The maximum atomic E-state index is 11.7. The van der Waals surface area contributed by atoms with E-state index in [4.69, 9.17) is 4.42 Å². The van der Waals surface area contributed by atoms with Gasteiger partial charge in [-0.1, -0.05) is 0 Å². The number of hydrogen-bond acceptors (Lipinski definition) is 7. The fraction of sp³-hybridized carbons (Fsp3) is 0.462. The van der Waals surface area contributed by atoms with Crippen LogP contribution in [0.15, 0.2) is 21.7 Å². The van der Waals surface area contributed by atoms with Crippen LogP contribution in [-0.2, 0) is 9.59 Å². The monoisotopic (exact) mass is 323 g/mol. The number of nitro groups is 1. The van der Waals surface area contributed by atoms with Crippen LogP contribution in [0.5, 0.6) is 0 Å². The third kappa shape index (κ3) is 4.88. The topological polar surface area (TPSA) is 121 Å². The number of nitrogens with one attached hydrogen (secondary N) is 1. The molecule has 0 radical (unpaired) electrons. The Hall–Kier alpha value is -2.75. The molecule has 1 aliphatic rings. The van der Waals surface area contributed by atoms with E-state index in [9.17, 15) is 19.7 Å². The number of carbonyl (C=O) groups excluding carboxylic acids is 2. The number of nitrogens with zero attached hydrogens (tertiary/aromatic N) is 4. The lowest BCUT2D eigenvalue weighted by Crippen LogP contribution is -2.50. The molecule has 1 N–H and O–H groups in total. The van der Waals surface area contributed by atoms with E-state index in [2.05, 4.69) is 10.5 Å². The van der Waals surface area contributed by atoms with Gasteiger partial charge < -0.3 is 9.32 Å². The molecule has 1 saturated heterocycles. The summed E-state index contributed by atoms with van der Waals surface area (Å²) in [5, 5.41) is 14.1. The second kappa shape index (κ2) is 7.49. The molecule has 0 unspecified atom stereocenters. The van der Waals surface area contributed by atoms with Gasteiger partial charge in [0.15, 0.2) is 5.76 Å². The smallest absolute Gasteiger partial charge is 0.400 e. The minimum absolute atomic E-state index is 0.0336. The Morgan fingerprint density at radius 1 is 1.39 bits per heavy atom. The van der Waals surface area contributed by atoms with E-state index in [-0.39, 0.29) is 30.0 Å². The molecule has 0 aromatic carbocycles. The second-order valence-electron chi connectivity index (χ2n) is 5.01. The van der Waals surface area contributed by atoms with Gasteiger partial charge in [0.1, 0.15) is 4.92 Å². The molecule has 124 valence electrons. The van der Waals surface area contributed by atoms with Crippen molar-refractivity contribution in [2.45, 2.75) is 6.92 Å². The molecular weight excluding hydrogens is 306 g/mol. The molecule has 0 bridgehead atoms. The first-order chi connectivity index (χ1) is 11.0. The highest BCUT2D eigenvalue weighted by Crippen LogP contribution is 2.13. The van der Waals surface area contributed by atoms with E-state index in [0.717, 1.165) is 0 Å². The zero-order chi connectivity index (χ0) is 16.8. The molecule has 1 aliphatic heterocycles. The second-order valence-corrected chi connectivity index (χ2v) is 5.01. The number of hydrazone groups is 1. The minimum Gasteiger partial charge on any atom is -0.400 e. The molecule has 23 heavy (non-hydrogen) atoms. The zero-order valence-electron chi connectivity index (χ0n) is 12.6. The number of hydrogen-bond donors (Lipinski definition) is 1. The van der Waals surface area contributed by atoms with Crippen LogP contribution in [0, 0.1) is 10.1 Å². The van der Waals surface area contributed by atoms with Crippen molar-refractivity contribution in [3.63, 3.8) is 0 Å². The summed E-state index contributed by atoms with van der Waals surface area (Å²) in [5.74, 6) is -0.488. The highest BCUT2D eigenvalue weighted by atomic mass is 16.6. The van der Waals surface area contributed by atoms with E-state index >= 15 is 0 Å². The SMILES string of the molecule is CC(=O)N1CCN(CC(=O)NN=Cc2ccc([N+](=O)[O-])o2)CC1. The standard InChI is InChI=1S/C13H17N5O5/c1-10(19)17-6-4-16(5-7-17)9-12(20)15-14-8-11-2-3-13(23-11)18(21)22/h2-3,8H,4-7,9H2,1H3,(H,15,20). The van der Waals surface area contributed by atoms with Crippen molar-refractivity contribution < 1.29 is 18.9 Å². The minimum atomic E-state index is -0.656. The predicted molar refractivity (Wildman–Crippen MR) is 79.8 cm³/mol. The molecule has 2 amide bonds. The quantitative estimate of drug-likeness (QED) is 0.455. The van der Waals surface area contributed by atoms with Crippen molar-refractivity contribution in [2.75, 3.05) is 32.7 Å². The highest BCUT2D eigenvalue weighted by molar-refractivity contribution is 5.81. The van der Waals surface area contributed by atoms with Crippen LogP contribution in [0.4, 0.5) is 5.88 Å². The van der Waals surface area contributed by atoms with E-state index in [0.29, 0.717) is 26.2 Å². The number of carbonyl (C=O) groups is 2. The number of piperazine rings is 1. The summed E-state index contributed by atoms with van der Waals surface area (Å²) in [7, 11) is 0. The van der Waals surface area contributed by atoms with Crippen LogP contribution in [-0.4, -0.2) is 65.5 Å². The van der Waals surface area contributed by atoms with Crippen LogP contribution >= 0.6 is 0 Å². The normalized spacial score (nSPS) is 15.8. The predicted octanol–water partition coefficient (Wildman–Crippen LogP) is -0.198. The molecule has 10 heteroatoms. The van der Waals surface area contributed by atoms with Gasteiger partial charge in [-0.05, 0) is 6.07 Å². The lowest BCUT2D eigenvalue weighted by molar-refractivity contribution is -0.402. The van der Waals surface area contributed by atoms with Gasteiger partial charge in [0.25, 0.3) is 5.91 Å². The maximum absolute atomic E-state index is 11.7. The molecule has 0 saturated carbocycles. The van der Waals surface area contributed by atoms with Crippen LogP contribution in [0.3, 0.4) is 0 Å². The average molecular weight is 323 g/mol. The fourth-order valence-electron chi connectivity index (χ4n) is 2.14. The Labute approximate surface area is 131 Å². The summed E-state index contributed by atoms with van der Waals surface area (Å²) >= 11 is 0. The van der Waals surface area contributed by atoms with E-state index in [1.54, 1.807) is 4.90 Å². The molecule has 0 aliphatic carbocycles. The van der Waals surface area contributed by atoms with Gasteiger partial charge in [-0.15, -0.1) is 0 Å². The molecule has 0 spiro atoms. The van der Waals surface area contributed by atoms with Crippen molar-refractivity contribution in [1.29, 1.82) is 0 Å². The van der Waals surface area contributed by atoms with E-state index in [1.165, 1.54) is 25.3 Å². The Morgan fingerprint density at radius 2 is 2.09 bits per heavy atom. The van der Waals surface area contributed by atoms with Crippen LogP contribution in [0.25, 0.3) is 0 Å². The molecular formula is C13H17N5O5. The zero-order valence-corrected chi connectivity index (χ0v) is 12.6. The number of rotatable bonds is 5. The van der Waals surface area contributed by atoms with Gasteiger partial charge in [-0.3, -0.25) is 24.6 Å². The lowest BCUT2D eigenvalue weighted by Gasteiger charge is -2.33. The van der Waals surface area contributed by atoms with Crippen LogP contribution < -0.4 is 5.43 Å². The Balaban J connectivity index is 1.73. The largest absolute Gasteiger partial charge is 0.433 e. The number of amides is 2. The van der Waals surface area contributed by atoms with Crippen molar-refractivity contribution >= 4 is 23.9 Å². The van der Waals surface area contributed by atoms with Gasteiger partial charge >= 0.3 is 5.88 Å². The van der Waals surface area contributed by atoms with Gasteiger partial charge in [-0.25, -0.2) is 5.43 Å². The number of furan rings is 1. The van der Waals surface area contributed by atoms with Crippen LogP contribution in [0.1, 0.15) is 12.7 Å². The first kappa shape index (κ1) is 16.6. The molecule has 2 heterocycles. The molecule has 1 fully saturated rings. The van der Waals surface area contributed by atoms with Gasteiger partial charge in [0, 0.05) is 33.1 Å². The van der Waals surface area contributed by atoms with Gasteiger partial charge in [0.2, 0.25) is 5.91 Å². The molecule has 1 aromatic heterocycles. The van der Waals surface area contributed by atoms with Gasteiger partial charge in [-0.2, -0.15) is 5.10 Å². The summed E-state index contributed by atoms with van der Waals surface area (Å²) in [6, 6.07) is 2.59. The first-order valence-electron chi connectivity index (χ1n) is 6.99. The van der Waals surface area contributed by atoms with Crippen molar-refractivity contribution in [3.05, 3.63) is 28.0 Å². The summed E-state index contributed by atoms with van der Waals surface area (Å²) < 4.78 is 4.86. The van der Waals surface area contributed by atoms with E-state index in [1.807, 2.05) is 4.90 Å². The Kier molecular flexibility index (Phi) is 5.41. The van der Waals surface area contributed by atoms with Crippen molar-refractivity contribution in [2.24, 2.45) is 5.10 Å². The van der Waals surface area contributed by atoms with Gasteiger partial charge in [0.05, 0.1) is 18.8 Å². The van der Waals surface area contributed by atoms with Crippen LogP contribution in [0.2, 0.25) is 0 Å². The summed E-state index contributed by atoms with van der Waals surface area (Å²) in [6.45, 7) is 4.14. The third-order valence-corrected chi connectivity index (χ3v) is 3.36. The summed E-state index contributed by atoms with van der Waals surface area (Å²) in [5.41, 5.74) is 2.33. The fourth-order valence-corrected chi connectivity index (χ4v) is 2.14. The van der Waals surface area contributed by atoms with Crippen molar-refractivity contribution in [3.8, 4) is 0 Å². The molecule has 1 aromatic rings. The highest BCUT2D eigenvalue weighted by Gasteiger charge is 2.20. The summed E-state index contributed by atoms with van der Waals surface area (Å²) in [6.07, 6.45) is 1.19. The first-order valence-corrected chi connectivity index (χ1v) is 6.99. The maximum Gasteiger partial charge on any atom is 0.433 e. The molecule has 2 rings (SSSR count). The average Bonchev–Trinajstić information content (AvgIpc) is 2.97. The van der Waals surface area contributed by atoms with E-state index < -0.39 is 4.92 Å². The third-order valence-electron chi connectivity index (χ3n) is 3.36. The Morgan fingerprint density at radius 3 is 2.65 bits per heavy atom. The lowest BCUT2D eigenvalue weighted by atomic mass is 10.3. The Bertz CT molecular complexity index is 618.